The highest BCUT2D eigenvalue weighted by Crippen LogP contribution is 2.35. The van der Waals surface area contributed by atoms with E-state index in [-0.39, 0.29) is 0 Å². The molecular formula is C16H20N2O4. The fraction of sp³-hybridized carbons (Fsp3) is 0.438. The van der Waals surface area contributed by atoms with Gasteiger partial charge >= 0.3 is 5.97 Å². The van der Waals surface area contributed by atoms with Gasteiger partial charge in [-0.15, -0.1) is 0 Å². The first-order valence-corrected chi connectivity index (χ1v) is 7.26. The van der Waals surface area contributed by atoms with Crippen LogP contribution < -0.4 is 15.2 Å². The quantitative estimate of drug-likeness (QED) is 0.862. The van der Waals surface area contributed by atoms with Crippen LogP contribution in [-0.2, 0) is 4.79 Å². The number of likely N-dealkylation sites (tertiary alicyclic amines) is 1. The van der Waals surface area contributed by atoms with Gasteiger partial charge in [0.2, 0.25) is 0 Å². The van der Waals surface area contributed by atoms with Crippen LogP contribution in [0.5, 0.6) is 11.5 Å². The van der Waals surface area contributed by atoms with Crippen LogP contribution in [-0.4, -0.2) is 54.9 Å². The Labute approximate surface area is 129 Å². The summed E-state index contributed by atoms with van der Waals surface area (Å²) in [6, 6.07) is 5.77. The van der Waals surface area contributed by atoms with Gasteiger partial charge in [-0.3, -0.25) is 9.69 Å². The number of carboxylic acid groups (broad SMARTS) is 1. The number of para-hydroxylation sites is 1. The van der Waals surface area contributed by atoms with Crippen molar-refractivity contribution in [1.82, 2.24) is 4.90 Å². The number of rotatable bonds is 4. The molecule has 22 heavy (non-hydrogen) atoms. The van der Waals surface area contributed by atoms with Crippen LogP contribution in [0.15, 0.2) is 23.8 Å². The molecule has 3 N–H and O–H groups in total. The topological polar surface area (TPSA) is 85.0 Å². The number of nitrogens with two attached hydrogens (primary N) is 1. The lowest BCUT2D eigenvalue weighted by molar-refractivity contribution is -0.142. The second-order valence-corrected chi connectivity index (χ2v) is 5.89. The molecule has 6 nitrogen and oxygen atoms in total. The molecule has 0 amide bonds. The number of nitrogens with zero attached hydrogens (tertiary/aromatic N) is 1. The maximum absolute atomic E-state index is 11.2. The SMILES string of the molecule is COc1cccc2c1OCC(CN1CCC(N)(C(=O)O)C1)=C2. The fourth-order valence-electron chi connectivity index (χ4n) is 2.99. The first kappa shape index (κ1) is 14.9. The summed E-state index contributed by atoms with van der Waals surface area (Å²) in [6.07, 6.45) is 2.56. The average molecular weight is 304 g/mol. The lowest BCUT2D eigenvalue weighted by Gasteiger charge is -2.24. The number of carboxylic acids is 1. The summed E-state index contributed by atoms with van der Waals surface area (Å²) in [6.45, 7) is 2.20. The van der Waals surface area contributed by atoms with Crippen LogP contribution in [0.3, 0.4) is 0 Å². The first-order chi connectivity index (χ1) is 10.5. The zero-order chi connectivity index (χ0) is 15.7. The molecule has 0 radical (unpaired) electrons. The number of carbonyl (C=O) groups is 1. The molecule has 0 saturated carbocycles. The molecule has 1 aromatic rings. The Kier molecular flexibility index (Phi) is 3.80. The number of ether oxygens (including phenoxy) is 2. The summed E-state index contributed by atoms with van der Waals surface area (Å²) < 4.78 is 11.1. The summed E-state index contributed by atoms with van der Waals surface area (Å²) in [5.41, 5.74) is 6.87. The van der Waals surface area contributed by atoms with Crippen molar-refractivity contribution >= 4 is 12.0 Å². The van der Waals surface area contributed by atoms with E-state index in [2.05, 4.69) is 11.0 Å². The number of benzene rings is 1. The minimum absolute atomic E-state index is 0.366. The van der Waals surface area contributed by atoms with Crippen LogP contribution in [0.25, 0.3) is 6.08 Å². The molecule has 0 aliphatic carbocycles. The van der Waals surface area contributed by atoms with Crippen LogP contribution in [0.1, 0.15) is 12.0 Å². The Morgan fingerprint density at radius 3 is 3.05 bits per heavy atom. The Hall–Kier alpha value is -2.05. The van der Waals surface area contributed by atoms with Crippen molar-refractivity contribution in [2.75, 3.05) is 33.4 Å². The third-order valence-corrected chi connectivity index (χ3v) is 4.22. The summed E-state index contributed by atoms with van der Waals surface area (Å²) in [5.74, 6) is 0.550. The van der Waals surface area contributed by atoms with Gasteiger partial charge in [-0.05, 0) is 24.1 Å². The molecular weight excluding hydrogens is 284 g/mol. The molecule has 1 unspecified atom stereocenters. The molecule has 1 fully saturated rings. The summed E-state index contributed by atoms with van der Waals surface area (Å²) >= 11 is 0. The molecule has 1 saturated heterocycles. The fourth-order valence-corrected chi connectivity index (χ4v) is 2.99. The molecule has 2 aliphatic heterocycles. The second-order valence-electron chi connectivity index (χ2n) is 5.89. The number of methoxy groups -OCH3 is 1. The maximum Gasteiger partial charge on any atom is 0.325 e. The van der Waals surface area contributed by atoms with Crippen molar-refractivity contribution < 1.29 is 19.4 Å². The highest BCUT2D eigenvalue weighted by atomic mass is 16.5. The largest absolute Gasteiger partial charge is 0.493 e. The van der Waals surface area contributed by atoms with Crippen molar-refractivity contribution in [2.45, 2.75) is 12.0 Å². The minimum Gasteiger partial charge on any atom is -0.493 e. The van der Waals surface area contributed by atoms with Crippen LogP contribution in [0.2, 0.25) is 0 Å². The van der Waals surface area contributed by atoms with E-state index < -0.39 is 11.5 Å². The molecule has 6 heteroatoms. The van der Waals surface area contributed by atoms with Crippen LogP contribution in [0.4, 0.5) is 0 Å². The van der Waals surface area contributed by atoms with Crippen LogP contribution in [0, 0.1) is 0 Å². The molecule has 3 rings (SSSR count). The lowest BCUT2D eigenvalue weighted by Crippen LogP contribution is -2.50. The smallest absolute Gasteiger partial charge is 0.325 e. The van der Waals surface area contributed by atoms with Gasteiger partial charge in [-0.2, -0.15) is 0 Å². The van der Waals surface area contributed by atoms with E-state index in [4.69, 9.17) is 15.2 Å². The first-order valence-electron chi connectivity index (χ1n) is 7.26. The van der Waals surface area contributed by atoms with Crippen LogP contribution >= 0.6 is 0 Å². The predicted octanol–water partition coefficient (Wildman–Crippen LogP) is 0.959. The molecule has 0 spiro atoms. The van der Waals surface area contributed by atoms with E-state index in [9.17, 15) is 9.90 Å². The van der Waals surface area contributed by atoms with Gasteiger partial charge in [0.25, 0.3) is 0 Å². The van der Waals surface area contributed by atoms with Gasteiger partial charge in [-0.25, -0.2) is 0 Å². The Morgan fingerprint density at radius 1 is 1.55 bits per heavy atom. The predicted molar refractivity (Wildman–Crippen MR) is 82.1 cm³/mol. The third-order valence-electron chi connectivity index (χ3n) is 4.22. The summed E-state index contributed by atoms with van der Waals surface area (Å²) in [4.78, 5) is 13.3. The Bertz CT molecular complexity index is 629. The minimum atomic E-state index is -1.13. The van der Waals surface area contributed by atoms with Gasteiger partial charge in [0.05, 0.1) is 7.11 Å². The van der Waals surface area contributed by atoms with Gasteiger partial charge in [0.15, 0.2) is 11.5 Å². The number of hydrogen-bond acceptors (Lipinski definition) is 5. The summed E-state index contributed by atoms with van der Waals surface area (Å²) in [7, 11) is 1.62. The molecule has 2 heterocycles. The van der Waals surface area contributed by atoms with Crippen molar-refractivity contribution in [1.29, 1.82) is 0 Å². The zero-order valence-electron chi connectivity index (χ0n) is 12.5. The molecule has 1 aromatic carbocycles. The third kappa shape index (κ3) is 2.67. The number of aliphatic carboxylic acids is 1. The van der Waals surface area contributed by atoms with Gasteiger partial charge in [-0.1, -0.05) is 12.1 Å². The van der Waals surface area contributed by atoms with Crippen molar-refractivity contribution in [3.8, 4) is 11.5 Å². The Balaban J connectivity index is 1.72. The van der Waals surface area contributed by atoms with E-state index in [1.165, 1.54) is 0 Å². The number of fused-ring (bicyclic) bond motifs is 1. The average Bonchev–Trinajstić information content (AvgIpc) is 2.89. The van der Waals surface area contributed by atoms with Gasteiger partial charge < -0.3 is 20.3 Å². The molecule has 0 aromatic heterocycles. The van der Waals surface area contributed by atoms with E-state index >= 15 is 0 Å². The Morgan fingerprint density at radius 2 is 2.36 bits per heavy atom. The monoisotopic (exact) mass is 304 g/mol. The normalized spacial score (nSPS) is 24.4. The van der Waals surface area contributed by atoms with E-state index in [0.717, 1.165) is 22.6 Å². The highest BCUT2D eigenvalue weighted by molar-refractivity contribution is 5.79. The summed E-state index contributed by atoms with van der Waals surface area (Å²) in [5, 5.41) is 9.18. The molecule has 118 valence electrons. The molecule has 1 atom stereocenters. The van der Waals surface area contributed by atoms with Gasteiger partial charge in [0, 0.05) is 25.2 Å². The van der Waals surface area contributed by atoms with E-state index in [1.54, 1.807) is 7.11 Å². The van der Waals surface area contributed by atoms with E-state index in [1.807, 2.05) is 18.2 Å². The van der Waals surface area contributed by atoms with Gasteiger partial charge in [0.1, 0.15) is 12.1 Å². The van der Waals surface area contributed by atoms with Crippen molar-refractivity contribution in [3.05, 3.63) is 29.3 Å². The van der Waals surface area contributed by atoms with Crippen molar-refractivity contribution in [2.24, 2.45) is 5.73 Å². The van der Waals surface area contributed by atoms with E-state index in [0.29, 0.717) is 32.7 Å². The molecule has 0 bridgehead atoms. The second kappa shape index (κ2) is 5.62. The maximum atomic E-state index is 11.2. The lowest BCUT2D eigenvalue weighted by atomic mass is 10.0. The highest BCUT2D eigenvalue weighted by Gasteiger charge is 2.41. The zero-order valence-corrected chi connectivity index (χ0v) is 12.5. The molecule has 2 aliphatic rings. The number of hydrogen-bond donors (Lipinski definition) is 2. The standard InChI is InChI=1S/C16H20N2O4/c1-21-13-4-2-3-12-7-11(9-22-14(12)13)8-18-6-5-16(17,10-18)15(19)20/h2-4,7H,5-6,8-10,17H2,1H3,(H,19,20). The van der Waals surface area contributed by atoms with Crippen molar-refractivity contribution in [3.63, 3.8) is 0 Å².